The van der Waals surface area contributed by atoms with E-state index in [1.165, 1.54) is 19.3 Å². The Balaban J connectivity index is 2.64. The van der Waals surface area contributed by atoms with Crippen molar-refractivity contribution in [1.82, 2.24) is 0 Å². The fourth-order valence-electron chi connectivity index (χ4n) is 2.21. The van der Waals surface area contributed by atoms with Gasteiger partial charge in [0.05, 0.1) is 5.60 Å². The van der Waals surface area contributed by atoms with E-state index in [-0.39, 0.29) is 5.60 Å². The summed E-state index contributed by atoms with van der Waals surface area (Å²) in [5.41, 5.74) is -0.363. The van der Waals surface area contributed by atoms with Gasteiger partial charge in [0.1, 0.15) is 0 Å². The third-order valence-corrected chi connectivity index (χ3v) is 3.32. The Morgan fingerprint density at radius 3 is 2.36 bits per heavy atom. The van der Waals surface area contributed by atoms with Crippen LogP contribution in [0.1, 0.15) is 46.5 Å². The monoisotopic (exact) mass is 156 g/mol. The van der Waals surface area contributed by atoms with E-state index in [0.717, 1.165) is 6.42 Å². The summed E-state index contributed by atoms with van der Waals surface area (Å²) in [7, 11) is 0. The predicted molar refractivity (Wildman–Crippen MR) is 47.4 cm³/mol. The normalized spacial score (nSPS) is 39.5. The van der Waals surface area contributed by atoms with Crippen LogP contribution in [0.2, 0.25) is 0 Å². The van der Waals surface area contributed by atoms with Crippen molar-refractivity contribution in [3.63, 3.8) is 0 Å². The van der Waals surface area contributed by atoms with E-state index in [1.807, 2.05) is 0 Å². The quantitative estimate of drug-likeness (QED) is 0.618. The molecule has 0 radical (unpaired) electrons. The van der Waals surface area contributed by atoms with Crippen molar-refractivity contribution < 1.29 is 5.11 Å². The van der Waals surface area contributed by atoms with Crippen LogP contribution in [0.25, 0.3) is 0 Å². The predicted octanol–water partition coefficient (Wildman–Crippen LogP) is 2.58. The maximum Gasteiger partial charge on any atom is 0.0695 e. The topological polar surface area (TPSA) is 20.2 Å². The van der Waals surface area contributed by atoms with Crippen LogP contribution in [0.4, 0.5) is 0 Å². The fraction of sp³-hybridized carbons (Fsp3) is 1.00. The first-order valence-electron chi connectivity index (χ1n) is 4.79. The Bertz CT molecular complexity index is 131. The molecule has 0 bridgehead atoms. The summed E-state index contributed by atoms with van der Waals surface area (Å²) in [6.45, 7) is 6.43. The molecule has 1 aliphatic carbocycles. The van der Waals surface area contributed by atoms with Crippen LogP contribution in [0.15, 0.2) is 0 Å². The summed E-state index contributed by atoms with van der Waals surface area (Å²) in [6.07, 6.45) is 4.72. The molecule has 11 heavy (non-hydrogen) atoms. The first kappa shape index (κ1) is 9.05. The lowest BCUT2D eigenvalue weighted by molar-refractivity contribution is -0.0781. The molecule has 2 unspecified atom stereocenters. The number of aliphatic hydroxyl groups is 1. The SMILES string of the molecule is CC(C)C1(O)CCCCC1C. The Morgan fingerprint density at radius 2 is 2.00 bits per heavy atom. The lowest BCUT2D eigenvalue weighted by atomic mass is 9.70. The second-order valence-corrected chi connectivity index (χ2v) is 4.29. The standard InChI is InChI=1S/C10H20O/c1-8(2)10(11)7-5-4-6-9(10)3/h8-9,11H,4-7H2,1-3H3. The van der Waals surface area contributed by atoms with E-state index in [2.05, 4.69) is 20.8 Å². The largest absolute Gasteiger partial charge is 0.389 e. The molecule has 1 fully saturated rings. The van der Waals surface area contributed by atoms with E-state index in [4.69, 9.17) is 0 Å². The van der Waals surface area contributed by atoms with E-state index < -0.39 is 0 Å². The molecule has 66 valence electrons. The first-order chi connectivity index (χ1) is 5.07. The van der Waals surface area contributed by atoms with Crippen molar-refractivity contribution >= 4 is 0 Å². The minimum absolute atomic E-state index is 0.363. The van der Waals surface area contributed by atoms with Crippen molar-refractivity contribution in [3.8, 4) is 0 Å². The Hall–Kier alpha value is -0.0400. The van der Waals surface area contributed by atoms with E-state index in [9.17, 15) is 5.11 Å². The van der Waals surface area contributed by atoms with Crippen LogP contribution in [-0.4, -0.2) is 10.7 Å². The second kappa shape index (κ2) is 3.14. The number of hydrogen-bond donors (Lipinski definition) is 1. The molecule has 0 heterocycles. The summed E-state index contributed by atoms with van der Waals surface area (Å²) < 4.78 is 0. The smallest absolute Gasteiger partial charge is 0.0695 e. The summed E-state index contributed by atoms with van der Waals surface area (Å²) >= 11 is 0. The van der Waals surface area contributed by atoms with Gasteiger partial charge in [-0.3, -0.25) is 0 Å². The molecular formula is C10H20O. The number of rotatable bonds is 1. The molecule has 1 heteroatoms. The van der Waals surface area contributed by atoms with Crippen LogP contribution < -0.4 is 0 Å². The van der Waals surface area contributed by atoms with Crippen LogP contribution in [0, 0.1) is 11.8 Å². The zero-order valence-corrected chi connectivity index (χ0v) is 7.93. The minimum atomic E-state index is -0.363. The summed E-state index contributed by atoms with van der Waals surface area (Å²) in [4.78, 5) is 0. The van der Waals surface area contributed by atoms with Gasteiger partial charge in [0, 0.05) is 0 Å². The highest BCUT2D eigenvalue weighted by atomic mass is 16.3. The van der Waals surface area contributed by atoms with Gasteiger partial charge >= 0.3 is 0 Å². The molecule has 0 aromatic rings. The van der Waals surface area contributed by atoms with Gasteiger partial charge < -0.3 is 5.11 Å². The average Bonchev–Trinajstić information content (AvgIpc) is 1.95. The van der Waals surface area contributed by atoms with Gasteiger partial charge in [-0.25, -0.2) is 0 Å². The molecule has 2 atom stereocenters. The van der Waals surface area contributed by atoms with Crippen molar-refractivity contribution in [3.05, 3.63) is 0 Å². The van der Waals surface area contributed by atoms with Gasteiger partial charge in [0.2, 0.25) is 0 Å². The van der Waals surface area contributed by atoms with Crippen LogP contribution in [-0.2, 0) is 0 Å². The lowest BCUT2D eigenvalue weighted by Gasteiger charge is -2.41. The van der Waals surface area contributed by atoms with Crippen molar-refractivity contribution in [2.24, 2.45) is 11.8 Å². The van der Waals surface area contributed by atoms with E-state index in [1.54, 1.807) is 0 Å². The van der Waals surface area contributed by atoms with Crippen LogP contribution in [0.3, 0.4) is 0 Å². The Kier molecular flexibility index (Phi) is 2.58. The fourth-order valence-corrected chi connectivity index (χ4v) is 2.21. The summed E-state index contributed by atoms with van der Waals surface area (Å²) in [5.74, 6) is 0.911. The molecule has 0 aromatic carbocycles. The Morgan fingerprint density at radius 1 is 1.36 bits per heavy atom. The molecule has 1 saturated carbocycles. The third kappa shape index (κ3) is 1.58. The van der Waals surface area contributed by atoms with Gasteiger partial charge in [-0.05, 0) is 24.7 Å². The van der Waals surface area contributed by atoms with Crippen molar-refractivity contribution in [2.75, 3.05) is 0 Å². The molecule has 0 spiro atoms. The van der Waals surface area contributed by atoms with Gasteiger partial charge in [-0.2, -0.15) is 0 Å². The highest BCUT2D eigenvalue weighted by Crippen LogP contribution is 2.38. The van der Waals surface area contributed by atoms with Gasteiger partial charge in [-0.1, -0.05) is 33.6 Å². The van der Waals surface area contributed by atoms with Gasteiger partial charge in [0.15, 0.2) is 0 Å². The first-order valence-corrected chi connectivity index (χ1v) is 4.79. The van der Waals surface area contributed by atoms with Crippen LogP contribution >= 0.6 is 0 Å². The number of hydrogen-bond acceptors (Lipinski definition) is 1. The second-order valence-electron chi connectivity index (χ2n) is 4.29. The minimum Gasteiger partial charge on any atom is -0.389 e. The highest BCUT2D eigenvalue weighted by Gasteiger charge is 2.38. The zero-order valence-electron chi connectivity index (χ0n) is 7.93. The van der Waals surface area contributed by atoms with Crippen LogP contribution in [0.5, 0.6) is 0 Å². The lowest BCUT2D eigenvalue weighted by Crippen LogP contribution is -2.43. The average molecular weight is 156 g/mol. The third-order valence-electron chi connectivity index (χ3n) is 3.32. The maximum atomic E-state index is 10.2. The maximum absolute atomic E-state index is 10.2. The van der Waals surface area contributed by atoms with E-state index in [0.29, 0.717) is 11.8 Å². The summed E-state index contributed by atoms with van der Waals surface area (Å²) in [5, 5.41) is 10.2. The van der Waals surface area contributed by atoms with Crippen molar-refractivity contribution in [2.45, 2.75) is 52.1 Å². The summed E-state index contributed by atoms with van der Waals surface area (Å²) in [6, 6.07) is 0. The molecule has 0 aromatic heterocycles. The molecule has 0 aliphatic heterocycles. The van der Waals surface area contributed by atoms with Crippen molar-refractivity contribution in [1.29, 1.82) is 0 Å². The molecular weight excluding hydrogens is 136 g/mol. The molecule has 1 rings (SSSR count). The molecule has 0 saturated heterocycles. The molecule has 1 nitrogen and oxygen atoms in total. The molecule has 1 N–H and O–H groups in total. The van der Waals surface area contributed by atoms with E-state index >= 15 is 0 Å². The van der Waals surface area contributed by atoms with Gasteiger partial charge in [0.25, 0.3) is 0 Å². The Labute approximate surface area is 69.8 Å². The van der Waals surface area contributed by atoms with Gasteiger partial charge in [-0.15, -0.1) is 0 Å². The molecule has 0 amide bonds. The molecule has 1 aliphatic rings. The zero-order chi connectivity index (χ0) is 8.48. The highest BCUT2D eigenvalue weighted by molar-refractivity contribution is 4.89.